The van der Waals surface area contributed by atoms with Crippen LogP contribution in [0.3, 0.4) is 0 Å². The molecule has 0 bridgehead atoms. The van der Waals surface area contributed by atoms with Crippen LogP contribution in [-0.4, -0.2) is 35.6 Å². The SMILES string of the molecule is C=C(NC1CCN(C)CC1)/C(F)=C(/N)c1c(CF)n2c(c(C#N)c1=O)CCC2(C)C. The van der Waals surface area contributed by atoms with E-state index in [2.05, 4.69) is 16.8 Å². The molecule has 0 saturated carbocycles. The summed E-state index contributed by atoms with van der Waals surface area (Å²) in [5, 5.41) is 12.6. The van der Waals surface area contributed by atoms with Gasteiger partial charge in [-0.05, 0) is 59.7 Å². The Kier molecular flexibility index (Phi) is 6.04. The lowest BCUT2D eigenvalue weighted by atomic mass is 10.0. The number of likely N-dealkylation sites (tertiary alicyclic amines) is 1. The molecule has 6 nitrogen and oxygen atoms in total. The van der Waals surface area contributed by atoms with Gasteiger partial charge in [-0.3, -0.25) is 4.79 Å². The Morgan fingerprint density at radius 2 is 2.03 bits per heavy atom. The first-order chi connectivity index (χ1) is 14.1. The van der Waals surface area contributed by atoms with Crippen LogP contribution >= 0.6 is 0 Å². The number of alkyl halides is 1. The van der Waals surface area contributed by atoms with Gasteiger partial charge in [0.15, 0.2) is 5.83 Å². The van der Waals surface area contributed by atoms with Gasteiger partial charge in [-0.25, -0.2) is 8.78 Å². The molecule has 8 heteroatoms. The molecule has 0 aliphatic carbocycles. The van der Waals surface area contributed by atoms with E-state index in [9.17, 15) is 14.4 Å². The van der Waals surface area contributed by atoms with Crippen LogP contribution in [0.1, 0.15) is 55.6 Å². The summed E-state index contributed by atoms with van der Waals surface area (Å²) in [4.78, 5) is 15.2. The second-order valence-corrected chi connectivity index (χ2v) is 8.79. The number of hydrogen-bond donors (Lipinski definition) is 2. The van der Waals surface area contributed by atoms with E-state index in [1.165, 1.54) is 0 Å². The number of nitrogens with two attached hydrogens (primary N) is 1. The lowest BCUT2D eigenvalue weighted by molar-refractivity contribution is 0.241. The van der Waals surface area contributed by atoms with Crippen LogP contribution in [0.4, 0.5) is 8.78 Å². The van der Waals surface area contributed by atoms with Gasteiger partial charge in [0.1, 0.15) is 18.3 Å². The Balaban J connectivity index is 2.07. The minimum Gasteiger partial charge on any atom is -0.396 e. The van der Waals surface area contributed by atoms with Crippen molar-refractivity contribution in [3.05, 3.63) is 50.8 Å². The largest absolute Gasteiger partial charge is 0.396 e. The first-order valence-electron chi connectivity index (χ1n) is 10.2. The van der Waals surface area contributed by atoms with Gasteiger partial charge in [-0.2, -0.15) is 5.26 Å². The van der Waals surface area contributed by atoms with Crippen LogP contribution in [0.2, 0.25) is 0 Å². The number of halogens is 2. The molecular weight excluding hydrogens is 388 g/mol. The Morgan fingerprint density at radius 1 is 1.40 bits per heavy atom. The fourth-order valence-corrected chi connectivity index (χ4v) is 4.53. The van der Waals surface area contributed by atoms with Gasteiger partial charge < -0.3 is 20.5 Å². The van der Waals surface area contributed by atoms with Crippen molar-refractivity contribution in [3.8, 4) is 6.07 Å². The van der Waals surface area contributed by atoms with Crippen LogP contribution in [-0.2, 0) is 18.6 Å². The van der Waals surface area contributed by atoms with E-state index >= 15 is 4.39 Å². The molecule has 162 valence electrons. The van der Waals surface area contributed by atoms with Gasteiger partial charge in [0, 0.05) is 17.3 Å². The fourth-order valence-electron chi connectivity index (χ4n) is 4.53. The highest BCUT2D eigenvalue weighted by Crippen LogP contribution is 2.36. The van der Waals surface area contributed by atoms with E-state index < -0.39 is 29.2 Å². The summed E-state index contributed by atoms with van der Waals surface area (Å²) >= 11 is 0. The molecule has 3 rings (SSSR count). The van der Waals surface area contributed by atoms with Crippen molar-refractivity contribution in [1.82, 2.24) is 14.8 Å². The summed E-state index contributed by atoms with van der Waals surface area (Å²) in [6.45, 7) is 8.30. The van der Waals surface area contributed by atoms with Crippen LogP contribution < -0.4 is 16.5 Å². The van der Waals surface area contributed by atoms with Gasteiger partial charge in [-0.15, -0.1) is 0 Å². The zero-order chi connectivity index (χ0) is 22.2. The molecule has 0 aromatic carbocycles. The van der Waals surface area contributed by atoms with Crippen molar-refractivity contribution in [3.63, 3.8) is 0 Å². The third kappa shape index (κ3) is 3.74. The summed E-state index contributed by atoms with van der Waals surface area (Å²) in [5.74, 6) is -0.888. The lowest BCUT2D eigenvalue weighted by Crippen LogP contribution is -2.40. The van der Waals surface area contributed by atoms with Crippen molar-refractivity contribution in [2.24, 2.45) is 5.73 Å². The molecule has 0 spiro atoms. The maximum Gasteiger partial charge on any atom is 0.209 e. The van der Waals surface area contributed by atoms with Crippen molar-refractivity contribution >= 4 is 5.70 Å². The molecule has 1 aromatic rings. The number of fused-ring (bicyclic) bond motifs is 1. The summed E-state index contributed by atoms with van der Waals surface area (Å²) in [7, 11) is 2.03. The summed E-state index contributed by atoms with van der Waals surface area (Å²) in [6.07, 6.45) is 2.78. The highest BCUT2D eigenvalue weighted by atomic mass is 19.1. The molecule has 0 radical (unpaired) electrons. The standard InChI is InChI=1S/C22H29F2N5O/c1-13(27-14-6-9-28(4)10-7-14)19(24)20(26)18-17(11-23)29-16(5-8-22(29,2)3)15(12-25)21(18)30/h14,27H,1,5-11,26H2,2-4H3/b20-19-. The Bertz CT molecular complexity index is 994. The number of aromatic nitrogens is 1. The monoisotopic (exact) mass is 417 g/mol. The first-order valence-corrected chi connectivity index (χ1v) is 10.2. The zero-order valence-corrected chi connectivity index (χ0v) is 17.8. The summed E-state index contributed by atoms with van der Waals surface area (Å²) in [5.41, 5.74) is 4.42. The number of hydrogen-bond acceptors (Lipinski definition) is 5. The van der Waals surface area contributed by atoms with Gasteiger partial charge in [0.05, 0.1) is 22.7 Å². The number of allylic oxidation sites excluding steroid dienone is 1. The Labute approximate surface area is 175 Å². The molecule has 0 unspecified atom stereocenters. The van der Waals surface area contributed by atoms with E-state index in [1.54, 1.807) is 4.57 Å². The van der Waals surface area contributed by atoms with Crippen LogP contribution in [0.25, 0.3) is 5.70 Å². The minimum absolute atomic E-state index is 0.0104. The highest BCUT2D eigenvalue weighted by molar-refractivity contribution is 5.71. The third-order valence-corrected chi connectivity index (χ3v) is 6.26. The number of pyridine rings is 1. The molecule has 3 N–H and O–H groups in total. The number of piperidine rings is 1. The molecule has 30 heavy (non-hydrogen) atoms. The van der Waals surface area contributed by atoms with E-state index in [-0.39, 0.29) is 28.6 Å². The molecule has 0 atom stereocenters. The van der Waals surface area contributed by atoms with Gasteiger partial charge in [-0.1, -0.05) is 6.58 Å². The van der Waals surface area contributed by atoms with Crippen molar-refractivity contribution in [2.75, 3.05) is 20.1 Å². The van der Waals surface area contributed by atoms with Crippen LogP contribution in [0, 0.1) is 11.3 Å². The number of rotatable bonds is 5. The summed E-state index contributed by atoms with van der Waals surface area (Å²) in [6, 6.07) is 1.96. The molecule has 2 aliphatic heterocycles. The fraction of sp³-hybridized carbons (Fsp3) is 0.545. The second-order valence-electron chi connectivity index (χ2n) is 8.79. The third-order valence-electron chi connectivity index (χ3n) is 6.26. The van der Waals surface area contributed by atoms with Crippen LogP contribution in [0.15, 0.2) is 22.9 Å². The van der Waals surface area contributed by atoms with Crippen molar-refractivity contribution < 1.29 is 8.78 Å². The predicted molar refractivity (Wildman–Crippen MR) is 113 cm³/mol. The van der Waals surface area contributed by atoms with Crippen molar-refractivity contribution in [1.29, 1.82) is 5.26 Å². The molecule has 1 fully saturated rings. The first kappa shape index (κ1) is 22.0. The highest BCUT2D eigenvalue weighted by Gasteiger charge is 2.36. The minimum atomic E-state index is -0.991. The average molecular weight is 418 g/mol. The molecule has 1 aromatic heterocycles. The quantitative estimate of drug-likeness (QED) is 0.720. The Hall–Kier alpha value is -2.66. The maximum atomic E-state index is 15.2. The van der Waals surface area contributed by atoms with Gasteiger partial charge in [0.25, 0.3) is 0 Å². The molecule has 0 amide bonds. The average Bonchev–Trinajstić information content (AvgIpc) is 3.02. The number of nitriles is 1. The zero-order valence-electron chi connectivity index (χ0n) is 17.8. The van der Waals surface area contributed by atoms with Gasteiger partial charge in [0.2, 0.25) is 5.43 Å². The maximum absolute atomic E-state index is 15.2. The van der Waals surface area contributed by atoms with E-state index in [0.717, 1.165) is 25.9 Å². The smallest absolute Gasteiger partial charge is 0.209 e. The van der Waals surface area contributed by atoms with Crippen LogP contribution in [0.5, 0.6) is 0 Å². The lowest BCUT2D eigenvalue weighted by Gasteiger charge is -2.30. The van der Waals surface area contributed by atoms with Crippen molar-refractivity contribution in [2.45, 2.75) is 57.8 Å². The normalized spacial score (nSPS) is 19.7. The molecule has 2 aliphatic rings. The Morgan fingerprint density at radius 3 is 2.60 bits per heavy atom. The molecule has 3 heterocycles. The van der Waals surface area contributed by atoms with E-state index in [1.807, 2.05) is 27.0 Å². The van der Waals surface area contributed by atoms with Gasteiger partial charge >= 0.3 is 0 Å². The van der Waals surface area contributed by atoms with E-state index in [4.69, 9.17) is 5.73 Å². The molecule has 1 saturated heterocycles. The number of nitrogens with zero attached hydrogens (tertiary/aromatic N) is 3. The number of nitrogens with one attached hydrogen (secondary N) is 1. The predicted octanol–water partition coefficient (Wildman–Crippen LogP) is 2.67. The summed E-state index contributed by atoms with van der Waals surface area (Å²) < 4.78 is 31.0. The second kappa shape index (κ2) is 8.23. The molecular formula is C22H29F2N5O. The van der Waals surface area contributed by atoms with E-state index in [0.29, 0.717) is 18.5 Å². The topological polar surface area (TPSA) is 87.1 Å².